The number of hydrogen-bond acceptors (Lipinski definition) is 5. The zero-order valence-electron chi connectivity index (χ0n) is 20.2. The SMILES string of the molecule is CN(c1ccc(C2CCOCC2)cc1)c1ccc2c(c1)CCN[C@H]2CCc1cnccc1C(=O)O. The van der Waals surface area contributed by atoms with E-state index in [-0.39, 0.29) is 6.04 Å². The van der Waals surface area contributed by atoms with Crippen LogP contribution in [0.5, 0.6) is 0 Å². The summed E-state index contributed by atoms with van der Waals surface area (Å²) in [6.45, 7) is 2.64. The summed E-state index contributed by atoms with van der Waals surface area (Å²) in [4.78, 5) is 17.9. The van der Waals surface area contributed by atoms with Crippen molar-refractivity contribution in [2.24, 2.45) is 0 Å². The molecule has 0 aliphatic carbocycles. The maximum atomic E-state index is 11.5. The number of aromatic carboxylic acids is 1. The van der Waals surface area contributed by atoms with Gasteiger partial charge in [-0.05, 0) is 97.2 Å². The van der Waals surface area contributed by atoms with Gasteiger partial charge in [-0.2, -0.15) is 0 Å². The first-order valence-corrected chi connectivity index (χ1v) is 12.5. The molecule has 0 amide bonds. The van der Waals surface area contributed by atoms with Crippen molar-refractivity contribution < 1.29 is 14.6 Å². The molecule has 0 saturated carbocycles. The molecule has 1 aromatic heterocycles. The van der Waals surface area contributed by atoms with Crippen LogP contribution in [0.4, 0.5) is 11.4 Å². The highest BCUT2D eigenvalue weighted by Crippen LogP contribution is 2.33. The molecule has 0 radical (unpaired) electrons. The summed E-state index contributed by atoms with van der Waals surface area (Å²) in [5.74, 6) is -0.289. The van der Waals surface area contributed by atoms with Crippen LogP contribution in [0.15, 0.2) is 60.9 Å². The summed E-state index contributed by atoms with van der Waals surface area (Å²) < 4.78 is 5.51. The van der Waals surface area contributed by atoms with Crippen LogP contribution in [0.2, 0.25) is 0 Å². The minimum Gasteiger partial charge on any atom is -0.478 e. The highest BCUT2D eigenvalue weighted by Gasteiger charge is 2.22. The highest BCUT2D eigenvalue weighted by molar-refractivity contribution is 5.89. The molecule has 1 atom stereocenters. The Labute approximate surface area is 207 Å². The highest BCUT2D eigenvalue weighted by atomic mass is 16.5. The summed E-state index contributed by atoms with van der Waals surface area (Å²) in [5.41, 5.74) is 7.58. The van der Waals surface area contributed by atoms with Gasteiger partial charge < -0.3 is 20.1 Å². The van der Waals surface area contributed by atoms with Gasteiger partial charge in [0.1, 0.15) is 0 Å². The molecule has 2 N–H and O–H groups in total. The standard InChI is InChI=1S/C29H33N3O3/c1-32(24-5-2-20(3-6-24)21-12-16-35-17-13-21)25-7-8-26-22(18-25)10-15-31-28(26)9-4-23-19-30-14-11-27(23)29(33)34/h2-3,5-8,11,14,18-19,21,28,31H,4,9-10,12-13,15-17H2,1H3,(H,33,34)/t28-/m0/s1. The predicted octanol–water partition coefficient (Wildman–Crippen LogP) is 5.26. The number of ether oxygens (including phenoxy) is 1. The Hall–Kier alpha value is -3.22. The second-order valence-electron chi connectivity index (χ2n) is 9.55. The van der Waals surface area contributed by atoms with Crippen LogP contribution in [0.3, 0.4) is 0 Å². The van der Waals surface area contributed by atoms with Gasteiger partial charge in [-0.25, -0.2) is 4.79 Å². The zero-order valence-corrected chi connectivity index (χ0v) is 20.2. The van der Waals surface area contributed by atoms with Crippen molar-refractivity contribution in [3.8, 4) is 0 Å². The number of aromatic nitrogens is 1. The number of carbonyl (C=O) groups is 1. The van der Waals surface area contributed by atoms with Gasteiger partial charge >= 0.3 is 5.97 Å². The number of nitrogens with zero attached hydrogens (tertiary/aromatic N) is 2. The molecular formula is C29H33N3O3. The van der Waals surface area contributed by atoms with Crippen LogP contribution < -0.4 is 10.2 Å². The number of benzene rings is 2. The number of aryl methyl sites for hydroxylation is 1. The number of hydrogen-bond donors (Lipinski definition) is 2. The number of nitrogens with one attached hydrogen (secondary N) is 1. The van der Waals surface area contributed by atoms with E-state index < -0.39 is 5.97 Å². The Balaban J connectivity index is 1.29. The van der Waals surface area contributed by atoms with Gasteiger partial charge in [0.15, 0.2) is 0 Å². The quantitative estimate of drug-likeness (QED) is 0.490. The van der Waals surface area contributed by atoms with E-state index in [0.29, 0.717) is 17.9 Å². The van der Waals surface area contributed by atoms with E-state index in [2.05, 4.69) is 64.7 Å². The lowest BCUT2D eigenvalue weighted by Crippen LogP contribution is -2.30. The number of anilines is 2. The van der Waals surface area contributed by atoms with Crippen molar-refractivity contribution in [1.29, 1.82) is 0 Å². The second kappa shape index (κ2) is 10.6. The van der Waals surface area contributed by atoms with E-state index in [1.54, 1.807) is 12.3 Å². The normalized spacial score (nSPS) is 18.1. The Kier molecular flexibility index (Phi) is 7.11. The van der Waals surface area contributed by atoms with E-state index in [4.69, 9.17) is 4.74 Å². The average molecular weight is 472 g/mol. The topological polar surface area (TPSA) is 74.7 Å². The average Bonchev–Trinajstić information content (AvgIpc) is 2.92. The van der Waals surface area contributed by atoms with E-state index in [1.165, 1.54) is 34.3 Å². The molecule has 0 bridgehead atoms. The van der Waals surface area contributed by atoms with Crippen molar-refractivity contribution in [3.63, 3.8) is 0 Å². The number of pyridine rings is 1. The van der Waals surface area contributed by atoms with Gasteiger partial charge in [0.2, 0.25) is 0 Å². The molecule has 2 aliphatic heterocycles. The van der Waals surface area contributed by atoms with Crippen molar-refractivity contribution in [3.05, 3.63) is 88.7 Å². The lowest BCUT2D eigenvalue weighted by atomic mass is 9.89. The number of fused-ring (bicyclic) bond motifs is 1. The Morgan fingerprint density at radius 2 is 1.89 bits per heavy atom. The first-order valence-electron chi connectivity index (χ1n) is 12.5. The summed E-state index contributed by atoms with van der Waals surface area (Å²) >= 11 is 0. The van der Waals surface area contributed by atoms with Crippen LogP contribution >= 0.6 is 0 Å². The molecule has 5 rings (SSSR count). The minimum atomic E-state index is -0.895. The van der Waals surface area contributed by atoms with Crippen LogP contribution in [0, 0.1) is 0 Å². The Bertz CT molecular complexity index is 1170. The van der Waals surface area contributed by atoms with Gasteiger partial charge in [0.05, 0.1) is 5.56 Å². The summed E-state index contributed by atoms with van der Waals surface area (Å²) in [7, 11) is 2.12. The van der Waals surface area contributed by atoms with Gasteiger partial charge in [0.25, 0.3) is 0 Å². The molecule has 2 aromatic carbocycles. The summed E-state index contributed by atoms with van der Waals surface area (Å²) in [5, 5.41) is 13.1. The monoisotopic (exact) mass is 471 g/mol. The molecule has 0 unspecified atom stereocenters. The van der Waals surface area contributed by atoms with E-state index in [9.17, 15) is 9.90 Å². The van der Waals surface area contributed by atoms with E-state index in [0.717, 1.165) is 51.0 Å². The fourth-order valence-corrected chi connectivity index (χ4v) is 5.39. The van der Waals surface area contributed by atoms with Crippen molar-refractivity contribution in [2.75, 3.05) is 31.7 Å². The van der Waals surface area contributed by atoms with Crippen molar-refractivity contribution in [1.82, 2.24) is 10.3 Å². The molecule has 3 aromatic rings. The van der Waals surface area contributed by atoms with Crippen molar-refractivity contribution >= 4 is 17.3 Å². The number of carboxylic acids is 1. The van der Waals surface area contributed by atoms with Gasteiger partial charge in [-0.15, -0.1) is 0 Å². The largest absolute Gasteiger partial charge is 0.478 e. The molecule has 6 nitrogen and oxygen atoms in total. The first kappa shape index (κ1) is 23.5. The summed E-state index contributed by atoms with van der Waals surface area (Å²) in [6, 6.07) is 17.5. The lowest BCUT2D eigenvalue weighted by Gasteiger charge is -2.29. The van der Waals surface area contributed by atoms with Crippen LogP contribution in [-0.2, 0) is 17.6 Å². The fraction of sp³-hybridized carbons (Fsp3) is 0.379. The first-order chi connectivity index (χ1) is 17.1. The van der Waals surface area contributed by atoms with Gasteiger partial charge in [0, 0.05) is 50.1 Å². The zero-order chi connectivity index (χ0) is 24.2. The smallest absolute Gasteiger partial charge is 0.336 e. The maximum Gasteiger partial charge on any atom is 0.336 e. The number of rotatable bonds is 7. The summed E-state index contributed by atoms with van der Waals surface area (Å²) in [6.07, 6.45) is 7.93. The predicted molar refractivity (Wildman–Crippen MR) is 138 cm³/mol. The van der Waals surface area contributed by atoms with Crippen LogP contribution in [-0.4, -0.2) is 42.9 Å². The third-order valence-electron chi connectivity index (χ3n) is 7.48. The lowest BCUT2D eigenvalue weighted by molar-refractivity contribution is 0.0695. The molecule has 35 heavy (non-hydrogen) atoms. The third kappa shape index (κ3) is 5.24. The van der Waals surface area contributed by atoms with E-state index >= 15 is 0 Å². The number of carboxylic acid groups (broad SMARTS) is 1. The van der Waals surface area contributed by atoms with Gasteiger partial charge in [-0.1, -0.05) is 18.2 Å². The molecule has 1 fully saturated rings. The molecule has 0 spiro atoms. The molecule has 182 valence electrons. The van der Waals surface area contributed by atoms with Crippen molar-refractivity contribution in [2.45, 2.75) is 44.1 Å². The van der Waals surface area contributed by atoms with E-state index in [1.807, 2.05) is 0 Å². The van der Waals surface area contributed by atoms with Crippen LogP contribution in [0.25, 0.3) is 0 Å². The fourth-order valence-electron chi connectivity index (χ4n) is 5.39. The van der Waals surface area contributed by atoms with Crippen LogP contribution in [0.1, 0.15) is 63.8 Å². The molecule has 1 saturated heterocycles. The third-order valence-corrected chi connectivity index (χ3v) is 7.48. The molecule has 6 heteroatoms. The molecule has 2 aliphatic rings. The maximum absolute atomic E-state index is 11.5. The Morgan fingerprint density at radius 3 is 2.66 bits per heavy atom. The van der Waals surface area contributed by atoms with Gasteiger partial charge in [-0.3, -0.25) is 4.98 Å². The minimum absolute atomic E-state index is 0.207. The second-order valence-corrected chi connectivity index (χ2v) is 9.55. The Morgan fingerprint density at radius 1 is 1.11 bits per heavy atom. The molecular weight excluding hydrogens is 438 g/mol. The molecule has 3 heterocycles.